The Balaban J connectivity index is 1.79. The van der Waals surface area contributed by atoms with E-state index in [2.05, 4.69) is 17.1 Å². The number of hydrogen-bond donors (Lipinski definition) is 1. The molecule has 0 amide bonds. The van der Waals surface area contributed by atoms with Crippen LogP contribution < -0.4 is 5.32 Å². The van der Waals surface area contributed by atoms with Crippen molar-refractivity contribution in [3.63, 3.8) is 0 Å². The molecule has 3 nitrogen and oxygen atoms in total. The lowest BCUT2D eigenvalue weighted by Crippen LogP contribution is -2.50. The monoisotopic (exact) mass is 226 g/mol. The van der Waals surface area contributed by atoms with Gasteiger partial charge < -0.3 is 10.1 Å². The average molecular weight is 226 g/mol. The van der Waals surface area contributed by atoms with Gasteiger partial charge in [-0.05, 0) is 38.8 Å². The first-order valence-electron chi connectivity index (χ1n) is 6.83. The quantitative estimate of drug-likeness (QED) is 0.788. The third-order valence-corrected chi connectivity index (χ3v) is 4.07. The Hall–Kier alpha value is -0.120. The minimum atomic E-state index is 0.533. The van der Waals surface area contributed by atoms with Crippen LogP contribution in [0.5, 0.6) is 0 Å². The molecule has 16 heavy (non-hydrogen) atoms. The SMILES string of the molecule is CCCC1CN(C2CC(OC)C2)CCCN1. The summed E-state index contributed by atoms with van der Waals surface area (Å²) in [5, 5.41) is 3.67. The average Bonchev–Trinajstić information content (AvgIpc) is 2.43. The molecule has 1 atom stereocenters. The molecular formula is C13H26N2O. The number of ether oxygens (including phenoxy) is 1. The molecule has 94 valence electrons. The fraction of sp³-hybridized carbons (Fsp3) is 1.00. The summed E-state index contributed by atoms with van der Waals surface area (Å²) in [5.41, 5.74) is 0. The van der Waals surface area contributed by atoms with Crippen LogP contribution in [0.2, 0.25) is 0 Å². The van der Waals surface area contributed by atoms with E-state index in [1.807, 2.05) is 7.11 Å². The molecule has 3 heteroatoms. The maximum Gasteiger partial charge on any atom is 0.0601 e. The van der Waals surface area contributed by atoms with Crippen LogP contribution in [-0.2, 0) is 4.74 Å². The van der Waals surface area contributed by atoms with Gasteiger partial charge in [0.05, 0.1) is 6.10 Å². The van der Waals surface area contributed by atoms with Gasteiger partial charge in [-0.2, -0.15) is 0 Å². The van der Waals surface area contributed by atoms with Crippen molar-refractivity contribution in [3.05, 3.63) is 0 Å². The fourth-order valence-corrected chi connectivity index (χ4v) is 2.93. The molecular weight excluding hydrogens is 200 g/mol. The first-order valence-corrected chi connectivity index (χ1v) is 6.83. The molecule has 1 saturated carbocycles. The molecule has 0 aromatic rings. The van der Waals surface area contributed by atoms with Crippen molar-refractivity contribution in [2.45, 2.75) is 57.2 Å². The Bertz CT molecular complexity index is 204. The molecule has 1 aliphatic carbocycles. The van der Waals surface area contributed by atoms with Gasteiger partial charge in [0, 0.05) is 25.7 Å². The van der Waals surface area contributed by atoms with Crippen molar-refractivity contribution in [2.24, 2.45) is 0 Å². The van der Waals surface area contributed by atoms with Crippen LogP contribution in [0.1, 0.15) is 39.0 Å². The van der Waals surface area contributed by atoms with Crippen molar-refractivity contribution >= 4 is 0 Å². The summed E-state index contributed by atoms with van der Waals surface area (Å²) in [7, 11) is 1.84. The molecule has 1 heterocycles. The maximum atomic E-state index is 5.37. The fourth-order valence-electron chi connectivity index (χ4n) is 2.93. The van der Waals surface area contributed by atoms with Gasteiger partial charge in [-0.25, -0.2) is 0 Å². The van der Waals surface area contributed by atoms with E-state index in [9.17, 15) is 0 Å². The normalized spacial score (nSPS) is 36.8. The van der Waals surface area contributed by atoms with Crippen LogP contribution in [-0.4, -0.2) is 49.8 Å². The maximum absolute atomic E-state index is 5.37. The van der Waals surface area contributed by atoms with Gasteiger partial charge >= 0.3 is 0 Å². The van der Waals surface area contributed by atoms with Gasteiger partial charge in [-0.1, -0.05) is 13.3 Å². The Labute approximate surface area is 99.5 Å². The number of rotatable bonds is 4. The zero-order valence-corrected chi connectivity index (χ0v) is 10.7. The molecule has 0 spiro atoms. The van der Waals surface area contributed by atoms with Crippen LogP contribution >= 0.6 is 0 Å². The lowest BCUT2D eigenvalue weighted by molar-refractivity contribution is -0.0276. The highest BCUT2D eigenvalue weighted by atomic mass is 16.5. The van der Waals surface area contributed by atoms with Gasteiger partial charge in [0.15, 0.2) is 0 Å². The number of nitrogens with one attached hydrogen (secondary N) is 1. The molecule has 1 unspecified atom stereocenters. The van der Waals surface area contributed by atoms with Gasteiger partial charge in [-0.3, -0.25) is 4.90 Å². The number of methoxy groups -OCH3 is 1. The molecule has 0 bridgehead atoms. The van der Waals surface area contributed by atoms with Gasteiger partial charge in [0.25, 0.3) is 0 Å². The summed E-state index contributed by atoms with van der Waals surface area (Å²) in [4.78, 5) is 2.69. The molecule has 2 rings (SSSR count). The van der Waals surface area contributed by atoms with E-state index in [1.54, 1.807) is 0 Å². The van der Waals surface area contributed by atoms with E-state index in [0.717, 1.165) is 6.04 Å². The van der Waals surface area contributed by atoms with E-state index in [-0.39, 0.29) is 0 Å². The third-order valence-electron chi connectivity index (χ3n) is 4.07. The standard InChI is InChI=1S/C13H26N2O/c1-3-5-11-10-15(7-4-6-14-11)12-8-13(9-12)16-2/h11-14H,3-10H2,1-2H3. The van der Waals surface area contributed by atoms with Crippen LogP contribution in [0, 0.1) is 0 Å². The largest absolute Gasteiger partial charge is 0.381 e. The molecule has 1 saturated heterocycles. The van der Waals surface area contributed by atoms with Crippen LogP contribution in [0.3, 0.4) is 0 Å². The van der Waals surface area contributed by atoms with Crippen molar-refractivity contribution < 1.29 is 4.74 Å². The second kappa shape index (κ2) is 5.99. The predicted octanol–water partition coefficient (Wildman–Crippen LogP) is 1.63. The van der Waals surface area contributed by atoms with Crippen LogP contribution in [0.25, 0.3) is 0 Å². The van der Waals surface area contributed by atoms with Crippen molar-refractivity contribution in [1.29, 1.82) is 0 Å². The smallest absolute Gasteiger partial charge is 0.0601 e. The Morgan fingerprint density at radius 3 is 2.88 bits per heavy atom. The second-order valence-electron chi connectivity index (χ2n) is 5.27. The van der Waals surface area contributed by atoms with Gasteiger partial charge in [-0.15, -0.1) is 0 Å². The van der Waals surface area contributed by atoms with Gasteiger partial charge in [0.1, 0.15) is 0 Å². The second-order valence-corrected chi connectivity index (χ2v) is 5.27. The minimum Gasteiger partial charge on any atom is -0.381 e. The van der Waals surface area contributed by atoms with E-state index in [1.165, 1.54) is 51.7 Å². The summed E-state index contributed by atoms with van der Waals surface area (Å²) >= 11 is 0. The summed E-state index contributed by atoms with van der Waals surface area (Å²) in [6.45, 7) is 5.99. The van der Waals surface area contributed by atoms with E-state index >= 15 is 0 Å². The molecule has 0 radical (unpaired) electrons. The molecule has 2 aliphatic rings. The number of hydrogen-bond acceptors (Lipinski definition) is 3. The topological polar surface area (TPSA) is 24.5 Å². The molecule has 1 aliphatic heterocycles. The lowest BCUT2D eigenvalue weighted by Gasteiger charge is -2.42. The summed E-state index contributed by atoms with van der Waals surface area (Å²) in [6, 6.07) is 1.51. The zero-order valence-electron chi connectivity index (χ0n) is 10.7. The molecule has 0 aromatic heterocycles. The summed E-state index contributed by atoms with van der Waals surface area (Å²) < 4.78 is 5.37. The highest BCUT2D eigenvalue weighted by molar-refractivity contribution is 4.90. The predicted molar refractivity (Wildman–Crippen MR) is 66.7 cm³/mol. The molecule has 1 N–H and O–H groups in total. The summed E-state index contributed by atoms with van der Waals surface area (Å²) in [6.07, 6.45) is 6.93. The van der Waals surface area contributed by atoms with Crippen molar-refractivity contribution in [1.82, 2.24) is 10.2 Å². The molecule has 2 fully saturated rings. The van der Waals surface area contributed by atoms with Crippen LogP contribution in [0.4, 0.5) is 0 Å². The van der Waals surface area contributed by atoms with Crippen LogP contribution in [0.15, 0.2) is 0 Å². The molecule has 0 aromatic carbocycles. The minimum absolute atomic E-state index is 0.533. The van der Waals surface area contributed by atoms with Crippen molar-refractivity contribution in [3.8, 4) is 0 Å². The Kier molecular flexibility index (Phi) is 4.62. The highest BCUT2D eigenvalue weighted by Crippen LogP contribution is 2.28. The highest BCUT2D eigenvalue weighted by Gasteiger charge is 2.34. The first-order chi connectivity index (χ1) is 7.83. The zero-order chi connectivity index (χ0) is 11.4. The van der Waals surface area contributed by atoms with E-state index < -0.39 is 0 Å². The van der Waals surface area contributed by atoms with E-state index in [4.69, 9.17) is 4.74 Å². The van der Waals surface area contributed by atoms with Gasteiger partial charge in [0.2, 0.25) is 0 Å². The van der Waals surface area contributed by atoms with E-state index in [0.29, 0.717) is 12.1 Å². The first kappa shape index (κ1) is 12.3. The summed E-state index contributed by atoms with van der Waals surface area (Å²) in [5.74, 6) is 0. The Morgan fingerprint density at radius 2 is 2.19 bits per heavy atom. The number of nitrogens with zero attached hydrogens (tertiary/aromatic N) is 1. The lowest BCUT2D eigenvalue weighted by atomic mass is 9.87. The van der Waals surface area contributed by atoms with Crippen molar-refractivity contribution in [2.75, 3.05) is 26.7 Å². The third kappa shape index (κ3) is 2.96. The Morgan fingerprint density at radius 1 is 1.38 bits per heavy atom.